The van der Waals surface area contributed by atoms with Crippen LogP contribution in [0, 0.1) is 5.92 Å². The fraction of sp³-hybridized carbons (Fsp3) is 0.480. The third kappa shape index (κ3) is 4.63. The van der Waals surface area contributed by atoms with Crippen LogP contribution in [0.2, 0.25) is 0 Å². The Hall–Kier alpha value is -2.93. The molecule has 3 amide bonds. The van der Waals surface area contributed by atoms with Crippen molar-refractivity contribution < 1.29 is 9.59 Å². The number of para-hydroxylation sites is 1. The minimum Gasteiger partial charge on any atom is -0.324 e. The van der Waals surface area contributed by atoms with Crippen molar-refractivity contribution in [1.29, 1.82) is 0 Å². The van der Waals surface area contributed by atoms with Gasteiger partial charge >= 0.3 is 6.03 Å². The van der Waals surface area contributed by atoms with Gasteiger partial charge in [-0.15, -0.1) is 0 Å². The molecule has 3 heterocycles. The molecule has 0 radical (unpaired) electrons. The SMILES string of the molecule is CCN(CC)CCCC1CCCN(C(=O)N2c3ccccc3C(=O)Nc3cccnc32)C1. The Balaban J connectivity index is 1.55. The number of carbonyl (C=O) groups excluding carboxylic acids is 2. The number of nitrogens with one attached hydrogen (secondary N) is 1. The summed E-state index contributed by atoms with van der Waals surface area (Å²) < 4.78 is 0. The highest BCUT2D eigenvalue weighted by molar-refractivity contribution is 6.16. The monoisotopic (exact) mass is 435 g/mol. The van der Waals surface area contributed by atoms with Gasteiger partial charge in [-0.2, -0.15) is 0 Å². The molecule has 1 atom stereocenters. The number of carbonyl (C=O) groups is 2. The molecule has 0 bridgehead atoms. The van der Waals surface area contributed by atoms with E-state index in [9.17, 15) is 9.59 Å². The molecule has 0 saturated carbocycles. The zero-order valence-corrected chi connectivity index (χ0v) is 19.1. The summed E-state index contributed by atoms with van der Waals surface area (Å²) in [6, 6.07) is 10.7. The van der Waals surface area contributed by atoms with Crippen LogP contribution < -0.4 is 10.2 Å². The minimum atomic E-state index is -0.224. The highest BCUT2D eigenvalue weighted by Crippen LogP contribution is 2.37. The molecule has 170 valence electrons. The number of benzene rings is 1. The number of rotatable bonds is 6. The molecule has 0 spiro atoms. The predicted octanol–water partition coefficient (Wildman–Crippen LogP) is 4.74. The van der Waals surface area contributed by atoms with Crippen molar-refractivity contribution in [2.45, 2.75) is 39.5 Å². The molecule has 32 heavy (non-hydrogen) atoms. The first-order valence-corrected chi connectivity index (χ1v) is 11.8. The van der Waals surface area contributed by atoms with Crippen molar-refractivity contribution in [2.24, 2.45) is 5.92 Å². The molecule has 2 aromatic rings. The van der Waals surface area contributed by atoms with Crippen LogP contribution in [-0.4, -0.2) is 59.4 Å². The summed E-state index contributed by atoms with van der Waals surface area (Å²) in [4.78, 5) is 37.1. The Kier molecular flexibility index (Phi) is 7.05. The third-order valence-corrected chi connectivity index (χ3v) is 6.60. The summed E-state index contributed by atoms with van der Waals surface area (Å²) in [5.41, 5.74) is 1.61. The van der Waals surface area contributed by atoms with Gasteiger partial charge in [0, 0.05) is 19.3 Å². The summed E-state index contributed by atoms with van der Waals surface area (Å²) in [6.07, 6.45) is 6.11. The van der Waals surface area contributed by atoms with Crippen LogP contribution in [-0.2, 0) is 0 Å². The molecule has 2 aliphatic rings. The quantitative estimate of drug-likeness (QED) is 0.712. The van der Waals surface area contributed by atoms with Gasteiger partial charge in [-0.25, -0.2) is 14.7 Å². The number of aromatic nitrogens is 1. The maximum absolute atomic E-state index is 13.8. The summed E-state index contributed by atoms with van der Waals surface area (Å²) in [7, 11) is 0. The second-order valence-corrected chi connectivity index (χ2v) is 8.59. The van der Waals surface area contributed by atoms with Crippen molar-refractivity contribution >= 4 is 29.1 Å². The van der Waals surface area contributed by atoms with Gasteiger partial charge in [-0.1, -0.05) is 26.0 Å². The first kappa shape index (κ1) is 22.3. The van der Waals surface area contributed by atoms with E-state index < -0.39 is 0 Å². The molecular formula is C25H33N5O2. The van der Waals surface area contributed by atoms with Crippen molar-refractivity contribution in [3.8, 4) is 0 Å². The van der Waals surface area contributed by atoms with E-state index in [1.165, 1.54) is 0 Å². The molecule has 1 unspecified atom stereocenters. The number of pyridine rings is 1. The lowest BCUT2D eigenvalue weighted by Crippen LogP contribution is -2.46. The van der Waals surface area contributed by atoms with E-state index in [0.717, 1.165) is 58.4 Å². The highest BCUT2D eigenvalue weighted by Gasteiger charge is 2.34. The Morgan fingerprint density at radius 2 is 2.00 bits per heavy atom. The Morgan fingerprint density at radius 3 is 2.81 bits per heavy atom. The van der Waals surface area contributed by atoms with E-state index in [2.05, 4.69) is 29.0 Å². The smallest absolute Gasteiger partial charge is 0.324 e. The van der Waals surface area contributed by atoms with Crippen LogP contribution in [0.5, 0.6) is 0 Å². The number of amides is 3. The van der Waals surface area contributed by atoms with Gasteiger partial charge in [0.15, 0.2) is 5.82 Å². The molecule has 2 aliphatic heterocycles. The van der Waals surface area contributed by atoms with E-state index in [4.69, 9.17) is 0 Å². The second-order valence-electron chi connectivity index (χ2n) is 8.59. The highest BCUT2D eigenvalue weighted by atomic mass is 16.2. The molecule has 1 aromatic heterocycles. The van der Waals surface area contributed by atoms with E-state index in [1.807, 2.05) is 23.1 Å². The lowest BCUT2D eigenvalue weighted by molar-refractivity contribution is 0.102. The molecule has 0 aliphatic carbocycles. The second kappa shape index (κ2) is 10.1. The van der Waals surface area contributed by atoms with Gasteiger partial charge in [0.05, 0.1) is 16.9 Å². The van der Waals surface area contributed by atoms with Crippen molar-refractivity contribution in [3.05, 3.63) is 48.2 Å². The first-order valence-electron chi connectivity index (χ1n) is 11.8. The summed E-state index contributed by atoms with van der Waals surface area (Å²) in [6.45, 7) is 9.16. The fourth-order valence-electron chi connectivity index (χ4n) is 4.79. The molecule has 7 nitrogen and oxygen atoms in total. The van der Waals surface area contributed by atoms with Crippen LogP contribution in [0.15, 0.2) is 42.6 Å². The number of anilines is 3. The largest absolute Gasteiger partial charge is 0.330 e. The number of nitrogens with zero attached hydrogens (tertiary/aromatic N) is 4. The van der Waals surface area contributed by atoms with Gasteiger partial charge in [0.25, 0.3) is 5.91 Å². The maximum Gasteiger partial charge on any atom is 0.330 e. The Bertz CT molecular complexity index is 959. The summed E-state index contributed by atoms with van der Waals surface area (Å²) >= 11 is 0. The summed E-state index contributed by atoms with van der Waals surface area (Å²) in [5.74, 6) is 0.756. The molecule has 4 rings (SSSR count). The van der Waals surface area contributed by atoms with Gasteiger partial charge < -0.3 is 15.1 Å². The lowest BCUT2D eigenvalue weighted by atomic mass is 9.93. The lowest BCUT2D eigenvalue weighted by Gasteiger charge is -2.36. The normalized spacial score (nSPS) is 18.1. The predicted molar refractivity (Wildman–Crippen MR) is 127 cm³/mol. The van der Waals surface area contributed by atoms with Gasteiger partial charge in [-0.3, -0.25) is 4.79 Å². The van der Waals surface area contributed by atoms with E-state index in [0.29, 0.717) is 28.7 Å². The average molecular weight is 436 g/mol. The van der Waals surface area contributed by atoms with E-state index >= 15 is 0 Å². The van der Waals surface area contributed by atoms with Gasteiger partial charge in [0.1, 0.15) is 0 Å². The molecule has 1 fully saturated rings. The van der Waals surface area contributed by atoms with Crippen molar-refractivity contribution in [2.75, 3.05) is 42.9 Å². The number of urea groups is 1. The minimum absolute atomic E-state index is 0.109. The molecule has 1 saturated heterocycles. The van der Waals surface area contributed by atoms with Crippen LogP contribution in [0.1, 0.15) is 49.9 Å². The van der Waals surface area contributed by atoms with Gasteiger partial charge in [-0.05, 0) is 75.5 Å². The van der Waals surface area contributed by atoms with Crippen LogP contribution >= 0.6 is 0 Å². The molecular weight excluding hydrogens is 402 g/mol. The number of piperidine rings is 1. The van der Waals surface area contributed by atoms with Crippen LogP contribution in [0.3, 0.4) is 0 Å². The number of hydrogen-bond acceptors (Lipinski definition) is 4. The standard InChI is InChI=1S/C25H33N5O2/c1-3-28(4-2)16-8-10-19-11-9-17-29(18-19)25(32)30-22-14-6-5-12-20(22)24(31)27-21-13-7-15-26-23(21)30/h5-7,12-15,19H,3-4,8-11,16-18H2,1-2H3,(H,27,31). The van der Waals surface area contributed by atoms with Crippen molar-refractivity contribution in [1.82, 2.24) is 14.8 Å². The maximum atomic E-state index is 13.8. The Morgan fingerprint density at radius 1 is 1.19 bits per heavy atom. The van der Waals surface area contributed by atoms with Crippen molar-refractivity contribution in [3.63, 3.8) is 0 Å². The summed E-state index contributed by atoms with van der Waals surface area (Å²) in [5, 5.41) is 2.91. The topological polar surface area (TPSA) is 68.8 Å². The zero-order valence-electron chi connectivity index (χ0n) is 19.1. The van der Waals surface area contributed by atoms with Gasteiger partial charge in [0.2, 0.25) is 0 Å². The number of likely N-dealkylation sites (tertiary alicyclic amines) is 1. The molecule has 1 N–H and O–H groups in total. The third-order valence-electron chi connectivity index (χ3n) is 6.60. The number of fused-ring (bicyclic) bond motifs is 2. The fourth-order valence-corrected chi connectivity index (χ4v) is 4.79. The first-order chi connectivity index (χ1) is 15.6. The Labute approximate surface area is 190 Å². The van der Waals surface area contributed by atoms with E-state index in [-0.39, 0.29) is 11.9 Å². The van der Waals surface area contributed by atoms with E-state index in [1.54, 1.807) is 29.3 Å². The number of hydrogen-bond donors (Lipinski definition) is 1. The molecule has 7 heteroatoms. The van der Waals surface area contributed by atoms with Crippen LogP contribution in [0.25, 0.3) is 0 Å². The van der Waals surface area contributed by atoms with Crippen LogP contribution in [0.4, 0.5) is 22.0 Å². The molecule has 1 aromatic carbocycles. The average Bonchev–Trinajstić information content (AvgIpc) is 2.95. The zero-order chi connectivity index (χ0) is 22.5.